The van der Waals surface area contributed by atoms with Crippen molar-refractivity contribution >= 4 is 23.1 Å². The number of rotatable bonds is 5. The van der Waals surface area contributed by atoms with Crippen molar-refractivity contribution in [1.29, 1.82) is 0 Å². The number of aliphatic hydroxyl groups excluding tert-OH is 1. The lowest BCUT2D eigenvalue weighted by atomic mass is 9.94. The maximum Gasteiger partial charge on any atom is 0.295 e. The van der Waals surface area contributed by atoms with Crippen LogP contribution < -0.4 is 4.74 Å². The van der Waals surface area contributed by atoms with E-state index in [1.807, 2.05) is 0 Å². The predicted octanol–water partition coefficient (Wildman–Crippen LogP) is 3.67. The van der Waals surface area contributed by atoms with Gasteiger partial charge < -0.3 is 19.8 Å². The van der Waals surface area contributed by atoms with E-state index in [-0.39, 0.29) is 34.4 Å². The second kappa shape index (κ2) is 8.33. The lowest BCUT2D eigenvalue weighted by Crippen LogP contribution is -2.37. The fourth-order valence-corrected chi connectivity index (χ4v) is 4.54. The Morgan fingerprint density at radius 2 is 1.88 bits per heavy atom. The van der Waals surface area contributed by atoms with E-state index in [0.29, 0.717) is 5.56 Å². The van der Waals surface area contributed by atoms with Gasteiger partial charge in [0.1, 0.15) is 5.76 Å². The van der Waals surface area contributed by atoms with Crippen molar-refractivity contribution in [3.05, 3.63) is 69.3 Å². The minimum atomic E-state index is -0.936. The lowest BCUT2D eigenvalue weighted by Gasteiger charge is -2.31. The third-order valence-electron chi connectivity index (χ3n) is 6.05. The first-order chi connectivity index (χ1) is 15.3. The second-order valence-electron chi connectivity index (χ2n) is 7.88. The van der Waals surface area contributed by atoms with E-state index in [9.17, 15) is 29.9 Å². The summed E-state index contributed by atoms with van der Waals surface area (Å²) < 4.78 is 5.09. The topological polar surface area (TPSA) is 130 Å². The molecule has 2 aromatic rings. The summed E-state index contributed by atoms with van der Waals surface area (Å²) in [6.45, 7) is 0. The summed E-state index contributed by atoms with van der Waals surface area (Å²) in [5.41, 5.74) is 0.0809. The summed E-state index contributed by atoms with van der Waals surface area (Å²) in [5, 5.41) is 32.5. The first-order valence-electron chi connectivity index (χ1n) is 10.2. The van der Waals surface area contributed by atoms with E-state index in [1.165, 1.54) is 42.3 Å². The molecule has 0 aromatic heterocycles. The summed E-state index contributed by atoms with van der Waals surface area (Å²) >= 11 is 0. The molecular formula is C23H22N2O7. The van der Waals surface area contributed by atoms with Crippen LogP contribution in [0.2, 0.25) is 0 Å². The number of hydrogen-bond acceptors (Lipinski definition) is 7. The van der Waals surface area contributed by atoms with Crippen LogP contribution in [0.1, 0.15) is 42.9 Å². The van der Waals surface area contributed by atoms with Gasteiger partial charge in [-0.2, -0.15) is 0 Å². The second-order valence-corrected chi connectivity index (χ2v) is 7.88. The van der Waals surface area contributed by atoms with E-state index in [2.05, 4.69) is 0 Å². The van der Waals surface area contributed by atoms with Crippen molar-refractivity contribution in [2.75, 3.05) is 7.11 Å². The number of benzene rings is 2. The fourth-order valence-electron chi connectivity index (χ4n) is 4.54. The number of carbonyl (C=O) groups excluding carboxylic acids is 2. The molecule has 2 N–H and O–H groups in total. The number of methoxy groups -OCH3 is 1. The van der Waals surface area contributed by atoms with Gasteiger partial charge in [-0.05, 0) is 30.5 Å². The van der Waals surface area contributed by atoms with Crippen LogP contribution in [-0.2, 0) is 9.59 Å². The highest BCUT2D eigenvalue weighted by atomic mass is 16.6. The molecule has 9 nitrogen and oxygen atoms in total. The van der Waals surface area contributed by atoms with Gasteiger partial charge in [-0.15, -0.1) is 0 Å². The number of phenols is 1. The average molecular weight is 438 g/mol. The third-order valence-corrected chi connectivity index (χ3v) is 6.05. The number of aliphatic hydroxyl groups is 1. The number of nitro benzene ring substituents is 1. The molecule has 0 spiro atoms. The van der Waals surface area contributed by atoms with Crippen LogP contribution in [0.3, 0.4) is 0 Å². The van der Waals surface area contributed by atoms with Crippen molar-refractivity contribution in [2.45, 2.75) is 37.8 Å². The molecule has 0 bridgehead atoms. The highest BCUT2D eigenvalue weighted by Gasteiger charge is 2.49. The molecular weight excluding hydrogens is 416 g/mol. The number of hydrogen-bond donors (Lipinski definition) is 2. The van der Waals surface area contributed by atoms with E-state index in [1.54, 1.807) is 6.07 Å². The Morgan fingerprint density at radius 1 is 1.16 bits per heavy atom. The SMILES string of the molecule is COc1ccc(C2/C(=C(/O)c3cccc([N+](=O)[O-])c3)C(=O)C(=O)N2C2CCCC2)cc1O. The smallest absolute Gasteiger partial charge is 0.295 e. The van der Waals surface area contributed by atoms with Crippen LogP contribution in [-0.4, -0.2) is 44.9 Å². The van der Waals surface area contributed by atoms with Gasteiger partial charge in [-0.3, -0.25) is 19.7 Å². The molecule has 1 atom stereocenters. The zero-order valence-electron chi connectivity index (χ0n) is 17.4. The van der Waals surface area contributed by atoms with Gasteiger partial charge in [0.15, 0.2) is 11.5 Å². The van der Waals surface area contributed by atoms with Gasteiger partial charge in [-0.25, -0.2) is 0 Å². The molecule has 1 amide bonds. The number of likely N-dealkylation sites (tertiary alicyclic amines) is 1. The zero-order chi connectivity index (χ0) is 23.0. The molecule has 1 heterocycles. The van der Waals surface area contributed by atoms with Gasteiger partial charge in [0.05, 0.1) is 23.6 Å². The molecule has 2 aromatic carbocycles. The van der Waals surface area contributed by atoms with Crippen LogP contribution in [0.15, 0.2) is 48.0 Å². The Labute approximate surface area is 183 Å². The molecule has 0 radical (unpaired) electrons. The summed E-state index contributed by atoms with van der Waals surface area (Å²) in [5.74, 6) is -2.03. The molecule has 4 rings (SSSR count). The van der Waals surface area contributed by atoms with Crippen molar-refractivity contribution in [3.8, 4) is 11.5 Å². The van der Waals surface area contributed by atoms with Crippen molar-refractivity contribution in [1.82, 2.24) is 4.90 Å². The van der Waals surface area contributed by atoms with Crippen LogP contribution in [0, 0.1) is 10.1 Å². The maximum absolute atomic E-state index is 13.1. The molecule has 32 heavy (non-hydrogen) atoms. The minimum absolute atomic E-state index is 0.0614. The summed E-state index contributed by atoms with van der Waals surface area (Å²) in [6, 6.07) is 8.68. The molecule has 9 heteroatoms. The number of nitrogens with zero attached hydrogens (tertiary/aromatic N) is 2. The zero-order valence-corrected chi connectivity index (χ0v) is 17.4. The van der Waals surface area contributed by atoms with E-state index in [4.69, 9.17) is 4.74 Å². The molecule has 1 aliphatic carbocycles. The number of non-ortho nitro benzene ring substituents is 1. The fraction of sp³-hybridized carbons (Fsp3) is 0.304. The number of Topliss-reactive ketones (excluding diaryl/α,β-unsaturated/α-hetero) is 1. The van der Waals surface area contributed by atoms with E-state index < -0.39 is 28.4 Å². The van der Waals surface area contributed by atoms with Gasteiger partial charge in [0.2, 0.25) is 0 Å². The Bertz CT molecular complexity index is 1130. The molecule has 1 saturated carbocycles. The Morgan fingerprint density at radius 3 is 2.50 bits per heavy atom. The normalized spacial score (nSPS) is 20.7. The minimum Gasteiger partial charge on any atom is -0.507 e. The standard InChI is InChI=1S/C23H22N2O7/c1-32-18-10-9-13(12-17(18)26)20-19(21(27)14-5-4-8-16(11-14)25(30)31)22(28)23(29)24(20)15-6-2-3-7-15/h4-5,8-12,15,20,26-27H,2-3,6-7H2,1H3/b21-19-. The molecule has 166 valence electrons. The Hall–Kier alpha value is -3.88. The van der Waals surface area contributed by atoms with Crippen LogP contribution in [0.4, 0.5) is 5.69 Å². The number of aromatic hydroxyl groups is 1. The summed E-state index contributed by atoms with van der Waals surface area (Å²) in [6.07, 6.45) is 3.28. The number of amides is 1. The van der Waals surface area contributed by atoms with Gasteiger partial charge in [0.25, 0.3) is 17.4 Å². The quantitative estimate of drug-likeness (QED) is 0.239. The predicted molar refractivity (Wildman–Crippen MR) is 114 cm³/mol. The molecule has 1 unspecified atom stereocenters. The van der Waals surface area contributed by atoms with Crippen molar-refractivity contribution in [3.63, 3.8) is 0 Å². The average Bonchev–Trinajstić information content (AvgIpc) is 3.40. The van der Waals surface area contributed by atoms with E-state index in [0.717, 1.165) is 31.7 Å². The molecule has 2 fully saturated rings. The number of ether oxygens (including phenoxy) is 1. The largest absolute Gasteiger partial charge is 0.507 e. The third kappa shape index (κ3) is 3.55. The highest BCUT2D eigenvalue weighted by Crippen LogP contribution is 2.45. The number of phenolic OH excluding ortho intramolecular Hbond substituents is 1. The Kier molecular flexibility index (Phi) is 5.56. The lowest BCUT2D eigenvalue weighted by molar-refractivity contribution is -0.384. The number of ketones is 1. The number of nitro groups is 1. The molecule has 1 saturated heterocycles. The first-order valence-corrected chi connectivity index (χ1v) is 10.2. The van der Waals surface area contributed by atoms with Crippen LogP contribution in [0.5, 0.6) is 11.5 Å². The van der Waals surface area contributed by atoms with Crippen LogP contribution >= 0.6 is 0 Å². The molecule has 2 aliphatic rings. The number of carbonyl (C=O) groups is 2. The molecule has 1 aliphatic heterocycles. The van der Waals surface area contributed by atoms with Gasteiger partial charge >= 0.3 is 0 Å². The van der Waals surface area contributed by atoms with E-state index >= 15 is 0 Å². The van der Waals surface area contributed by atoms with Crippen LogP contribution in [0.25, 0.3) is 5.76 Å². The first kappa shape index (κ1) is 21.4. The van der Waals surface area contributed by atoms with Gasteiger partial charge in [-0.1, -0.05) is 31.0 Å². The summed E-state index contributed by atoms with van der Waals surface area (Å²) in [4.78, 5) is 38.1. The van der Waals surface area contributed by atoms with Crippen molar-refractivity contribution in [2.24, 2.45) is 0 Å². The maximum atomic E-state index is 13.1. The van der Waals surface area contributed by atoms with Gasteiger partial charge in [0, 0.05) is 23.7 Å². The summed E-state index contributed by atoms with van der Waals surface area (Å²) in [7, 11) is 1.40. The van der Waals surface area contributed by atoms with Crippen molar-refractivity contribution < 1.29 is 29.5 Å². The monoisotopic (exact) mass is 438 g/mol. The highest BCUT2D eigenvalue weighted by molar-refractivity contribution is 6.46. The Balaban J connectivity index is 1.90.